The molecule has 0 radical (unpaired) electrons. The molecule has 0 fully saturated rings. The average Bonchev–Trinajstić information content (AvgIpc) is 3.27. The zero-order valence-corrected chi connectivity index (χ0v) is 18.4. The minimum atomic E-state index is -0.834. The van der Waals surface area contributed by atoms with Gasteiger partial charge in [0.05, 0.1) is 10.9 Å². The van der Waals surface area contributed by atoms with E-state index in [-0.39, 0.29) is 24.0 Å². The lowest BCUT2D eigenvalue weighted by Gasteiger charge is -2.16. The van der Waals surface area contributed by atoms with Gasteiger partial charge in [-0.15, -0.1) is 0 Å². The van der Waals surface area contributed by atoms with Gasteiger partial charge in [0.1, 0.15) is 17.4 Å². The summed E-state index contributed by atoms with van der Waals surface area (Å²) >= 11 is 0. The molecule has 2 amide bonds. The van der Waals surface area contributed by atoms with E-state index >= 15 is 0 Å². The predicted octanol–water partition coefficient (Wildman–Crippen LogP) is 1.93. The number of aryl methyl sites for hydroxylation is 1. The van der Waals surface area contributed by atoms with Gasteiger partial charge in [-0.25, -0.2) is 0 Å². The number of carbonyl (C=O) groups is 2. The highest BCUT2D eigenvalue weighted by Crippen LogP contribution is 2.35. The Labute approximate surface area is 189 Å². The fourth-order valence-electron chi connectivity index (χ4n) is 3.69. The van der Waals surface area contributed by atoms with Crippen molar-refractivity contribution in [1.29, 1.82) is 0 Å². The molecule has 4 rings (SSSR count). The molecule has 2 aromatic carbocycles. The molecule has 33 heavy (non-hydrogen) atoms. The smallest absolute Gasteiger partial charge is 0.257 e. The van der Waals surface area contributed by atoms with E-state index in [0.717, 1.165) is 5.56 Å². The largest absolute Gasteiger partial charge is 0.508 e. The van der Waals surface area contributed by atoms with Gasteiger partial charge in [-0.3, -0.25) is 14.4 Å². The second kappa shape index (κ2) is 9.23. The first-order valence-electron chi connectivity index (χ1n) is 10.7. The fourth-order valence-corrected chi connectivity index (χ4v) is 3.69. The van der Waals surface area contributed by atoms with E-state index in [4.69, 9.17) is 9.47 Å². The molecule has 0 saturated carbocycles. The first kappa shape index (κ1) is 22.2. The molecule has 172 valence electrons. The zero-order chi connectivity index (χ0) is 23.5. The number of phenolic OH excluding ortho intramolecular Hbond substituents is 1. The monoisotopic (exact) mass is 451 g/mol. The van der Waals surface area contributed by atoms with E-state index in [1.807, 2.05) is 6.92 Å². The van der Waals surface area contributed by atoms with Crippen molar-refractivity contribution in [2.45, 2.75) is 32.9 Å². The topological polar surface area (TPSA) is 119 Å². The Morgan fingerprint density at radius 1 is 1.15 bits per heavy atom. The molecule has 1 aromatic heterocycles. The molecule has 1 aliphatic rings. The third-order valence-electron chi connectivity index (χ3n) is 5.55. The van der Waals surface area contributed by atoms with Gasteiger partial charge in [0, 0.05) is 25.4 Å². The highest BCUT2D eigenvalue weighted by atomic mass is 16.7. The van der Waals surface area contributed by atoms with E-state index in [9.17, 15) is 19.5 Å². The fraction of sp³-hybridized carbons (Fsp3) is 0.292. The van der Waals surface area contributed by atoms with Crippen LogP contribution in [0.3, 0.4) is 0 Å². The lowest BCUT2D eigenvalue weighted by atomic mass is 10.1. The number of ether oxygens (including phenoxy) is 2. The van der Waals surface area contributed by atoms with Crippen LogP contribution < -0.4 is 25.5 Å². The van der Waals surface area contributed by atoms with Gasteiger partial charge < -0.3 is 29.8 Å². The Bertz CT molecular complexity index is 1270. The van der Waals surface area contributed by atoms with E-state index in [0.29, 0.717) is 41.9 Å². The second-order valence-electron chi connectivity index (χ2n) is 7.78. The highest BCUT2D eigenvalue weighted by molar-refractivity contribution is 6.00. The van der Waals surface area contributed by atoms with Crippen molar-refractivity contribution in [3.63, 3.8) is 0 Å². The minimum absolute atomic E-state index is 0.0491. The molecule has 0 unspecified atom stereocenters. The number of amides is 2. The first-order valence-corrected chi connectivity index (χ1v) is 10.7. The number of rotatable bonds is 7. The number of nitrogens with zero attached hydrogens (tertiary/aromatic N) is 1. The summed E-state index contributed by atoms with van der Waals surface area (Å²) in [5.41, 5.74) is 1.11. The van der Waals surface area contributed by atoms with Crippen molar-refractivity contribution >= 4 is 22.7 Å². The predicted molar refractivity (Wildman–Crippen MR) is 122 cm³/mol. The third-order valence-corrected chi connectivity index (χ3v) is 5.55. The van der Waals surface area contributed by atoms with Crippen molar-refractivity contribution < 1.29 is 24.2 Å². The Morgan fingerprint density at radius 2 is 1.85 bits per heavy atom. The maximum atomic E-state index is 13.1. The number of pyridine rings is 1. The third kappa shape index (κ3) is 4.62. The minimum Gasteiger partial charge on any atom is -0.508 e. The molecule has 3 N–H and O–H groups in total. The van der Waals surface area contributed by atoms with Gasteiger partial charge in [-0.2, -0.15) is 0 Å². The van der Waals surface area contributed by atoms with Gasteiger partial charge in [-0.05, 0) is 44.0 Å². The van der Waals surface area contributed by atoms with Crippen LogP contribution in [0.4, 0.5) is 0 Å². The number of nitrogens with one attached hydrogen (secondary N) is 2. The SMILES string of the molecule is CCn1cc(C(=O)N[C@@H](C)C(=O)NCCc2ccc(O)cc2)c(=O)c2cc3c(cc21)OCO3. The number of aromatic hydroxyl groups is 1. The standard InChI is InChI=1S/C24H25N3O6/c1-3-27-12-18(22(29)17-10-20-21(11-19(17)27)33-13-32-20)24(31)26-14(2)23(30)25-9-8-15-4-6-16(28)7-5-15/h4-7,10-12,14,28H,3,8-9,13H2,1-2H3,(H,25,30)(H,26,31)/t14-/m0/s1. The Morgan fingerprint density at radius 3 is 2.55 bits per heavy atom. The van der Waals surface area contributed by atoms with Gasteiger partial charge in [-0.1, -0.05) is 12.1 Å². The van der Waals surface area contributed by atoms with Crippen molar-refractivity contribution in [3.8, 4) is 17.2 Å². The van der Waals surface area contributed by atoms with E-state index in [2.05, 4.69) is 10.6 Å². The lowest BCUT2D eigenvalue weighted by molar-refractivity contribution is -0.122. The van der Waals surface area contributed by atoms with Crippen LogP contribution >= 0.6 is 0 Å². The summed E-state index contributed by atoms with van der Waals surface area (Å²) in [6.45, 7) is 4.45. The zero-order valence-electron chi connectivity index (χ0n) is 18.4. The summed E-state index contributed by atoms with van der Waals surface area (Å²) in [7, 11) is 0. The van der Waals surface area contributed by atoms with E-state index in [1.54, 1.807) is 47.9 Å². The van der Waals surface area contributed by atoms with Gasteiger partial charge >= 0.3 is 0 Å². The van der Waals surface area contributed by atoms with Crippen LogP contribution in [0.15, 0.2) is 47.4 Å². The molecule has 2 heterocycles. The molecule has 9 heteroatoms. The van der Waals surface area contributed by atoms with Crippen molar-refractivity contribution in [3.05, 3.63) is 63.9 Å². The van der Waals surface area contributed by atoms with Gasteiger partial charge in [0.2, 0.25) is 18.1 Å². The number of phenols is 1. The highest BCUT2D eigenvalue weighted by Gasteiger charge is 2.22. The Kier molecular flexibility index (Phi) is 6.21. The summed E-state index contributed by atoms with van der Waals surface area (Å²) in [4.78, 5) is 38.3. The molecule has 3 aromatic rings. The summed E-state index contributed by atoms with van der Waals surface area (Å²) < 4.78 is 12.6. The molecule has 0 spiro atoms. The van der Waals surface area contributed by atoms with Crippen LogP contribution in [0.25, 0.3) is 10.9 Å². The van der Waals surface area contributed by atoms with Gasteiger partial charge in [0.25, 0.3) is 5.91 Å². The number of benzene rings is 2. The van der Waals surface area contributed by atoms with Crippen molar-refractivity contribution in [2.24, 2.45) is 0 Å². The quantitative estimate of drug-likeness (QED) is 0.505. The van der Waals surface area contributed by atoms with E-state index < -0.39 is 17.4 Å². The van der Waals surface area contributed by atoms with Crippen LogP contribution in [0, 0.1) is 0 Å². The molecular formula is C24H25N3O6. The Balaban J connectivity index is 1.46. The molecule has 0 saturated heterocycles. The number of aromatic nitrogens is 1. The van der Waals surface area contributed by atoms with Crippen LogP contribution in [-0.4, -0.2) is 40.9 Å². The molecule has 9 nitrogen and oxygen atoms in total. The first-order chi connectivity index (χ1) is 15.9. The van der Waals surface area contributed by atoms with Crippen molar-refractivity contribution in [1.82, 2.24) is 15.2 Å². The lowest BCUT2D eigenvalue weighted by Crippen LogP contribution is -2.46. The maximum Gasteiger partial charge on any atom is 0.257 e. The molecule has 1 atom stereocenters. The number of fused-ring (bicyclic) bond motifs is 2. The summed E-state index contributed by atoms with van der Waals surface area (Å²) in [5.74, 6) is 0.213. The molecular weight excluding hydrogens is 426 g/mol. The molecule has 0 bridgehead atoms. The maximum absolute atomic E-state index is 13.1. The normalized spacial score (nSPS) is 13.0. The number of hydrogen-bond donors (Lipinski definition) is 3. The molecule has 0 aliphatic carbocycles. The summed E-state index contributed by atoms with van der Waals surface area (Å²) in [5, 5.41) is 15.0. The Hall–Kier alpha value is -4.01. The van der Waals surface area contributed by atoms with Crippen molar-refractivity contribution in [2.75, 3.05) is 13.3 Å². The van der Waals surface area contributed by atoms with E-state index in [1.165, 1.54) is 6.20 Å². The average molecular weight is 451 g/mol. The summed E-state index contributed by atoms with van der Waals surface area (Å²) in [6, 6.07) is 9.20. The van der Waals surface area contributed by atoms with Crippen LogP contribution in [-0.2, 0) is 17.8 Å². The van der Waals surface area contributed by atoms with Crippen LogP contribution in [0.1, 0.15) is 29.8 Å². The summed E-state index contributed by atoms with van der Waals surface area (Å²) in [6.07, 6.45) is 2.08. The second-order valence-corrected chi connectivity index (χ2v) is 7.78. The van der Waals surface area contributed by atoms with Gasteiger partial charge in [0.15, 0.2) is 11.5 Å². The molecule has 1 aliphatic heterocycles. The number of hydrogen-bond acceptors (Lipinski definition) is 6. The van der Waals surface area contributed by atoms with Crippen LogP contribution in [0.5, 0.6) is 17.2 Å². The van der Waals surface area contributed by atoms with Crippen LogP contribution in [0.2, 0.25) is 0 Å². The number of carbonyl (C=O) groups excluding carboxylic acids is 2.